The average Bonchev–Trinajstić information content (AvgIpc) is 2.64. The Labute approximate surface area is 113 Å². The van der Waals surface area contributed by atoms with Gasteiger partial charge in [-0.15, -0.1) is 11.3 Å². The van der Waals surface area contributed by atoms with Crippen LogP contribution in [0.15, 0.2) is 12.1 Å². The van der Waals surface area contributed by atoms with Gasteiger partial charge in [0.2, 0.25) is 0 Å². The summed E-state index contributed by atoms with van der Waals surface area (Å²) in [5.41, 5.74) is 0.379. The van der Waals surface area contributed by atoms with Crippen molar-refractivity contribution in [1.29, 1.82) is 0 Å². The molecule has 1 rings (SSSR count). The van der Waals surface area contributed by atoms with Gasteiger partial charge in [0.05, 0.1) is 0 Å². The highest BCUT2D eigenvalue weighted by molar-refractivity contribution is 9.09. The van der Waals surface area contributed by atoms with E-state index >= 15 is 0 Å². The SMILES string of the molecule is CCc1ccc(CCCC(Br)C(C)(C)C)s1. The molecule has 1 heterocycles. The number of hydrogen-bond acceptors (Lipinski definition) is 1. The molecule has 0 N–H and O–H groups in total. The number of alkyl halides is 1. The summed E-state index contributed by atoms with van der Waals surface area (Å²) in [5, 5.41) is 0. The fourth-order valence-corrected chi connectivity index (χ4v) is 2.96. The Morgan fingerprint density at radius 1 is 1.25 bits per heavy atom. The third kappa shape index (κ3) is 4.58. The zero-order chi connectivity index (χ0) is 12.2. The van der Waals surface area contributed by atoms with Gasteiger partial charge in [-0.1, -0.05) is 43.6 Å². The molecule has 2 heteroatoms. The molecule has 16 heavy (non-hydrogen) atoms. The molecular formula is C14H23BrS. The van der Waals surface area contributed by atoms with Crippen LogP contribution in [0.4, 0.5) is 0 Å². The lowest BCUT2D eigenvalue weighted by atomic mass is 9.89. The molecule has 1 atom stereocenters. The van der Waals surface area contributed by atoms with E-state index in [9.17, 15) is 0 Å². The van der Waals surface area contributed by atoms with Gasteiger partial charge in [-0.05, 0) is 43.2 Å². The van der Waals surface area contributed by atoms with Gasteiger partial charge < -0.3 is 0 Å². The first kappa shape index (κ1) is 14.2. The number of rotatable bonds is 5. The van der Waals surface area contributed by atoms with E-state index in [-0.39, 0.29) is 0 Å². The normalized spacial score (nSPS) is 14.1. The summed E-state index contributed by atoms with van der Waals surface area (Å²) in [5.74, 6) is 0. The van der Waals surface area contributed by atoms with Crippen molar-refractivity contribution in [1.82, 2.24) is 0 Å². The van der Waals surface area contributed by atoms with Crippen LogP contribution in [0.5, 0.6) is 0 Å². The van der Waals surface area contributed by atoms with Crippen molar-refractivity contribution in [2.24, 2.45) is 5.41 Å². The van der Waals surface area contributed by atoms with Gasteiger partial charge in [0.1, 0.15) is 0 Å². The van der Waals surface area contributed by atoms with E-state index < -0.39 is 0 Å². The molecule has 1 aromatic heterocycles. The van der Waals surface area contributed by atoms with Gasteiger partial charge in [-0.2, -0.15) is 0 Å². The molecule has 0 radical (unpaired) electrons. The van der Waals surface area contributed by atoms with E-state index in [0.29, 0.717) is 10.2 Å². The van der Waals surface area contributed by atoms with E-state index in [4.69, 9.17) is 0 Å². The van der Waals surface area contributed by atoms with E-state index in [1.165, 1.54) is 30.6 Å². The quantitative estimate of drug-likeness (QED) is 0.635. The second-order valence-electron chi connectivity index (χ2n) is 5.45. The Bertz CT molecular complexity index is 309. The smallest absolute Gasteiger partial charge is 0.0194 e. The number of aryl methyl sites for hydroxylation is 2. The van der Waals surface area contributed by atoms with Crippen LogP contribution in [-0.2, 0) is 12.8 Å². The molecule has 0 aliphatic heterocycles. The molecule has 92 valence electrons. The fraction of sp³-hybridized carbons (Fsp3) is 0.714. The summed E-state index contributed by atoms with van der Waals surface area (Å²) in [4.78, 5) is 3.69. The van der Waals surface area contributed by atoms with Crippen molar-refractivity contribution in [2.45, 2.75) is 58.2 Å². The Balaban J connectivity index is 2.30. The minimum absolute atomic E-state index is 0.379. The molecule has 0 aliphatic rings. The monoisotopic (exact) mass is 302 g/mol. The highest BCUT2D eigenvalue weighted by Crippen LogP contribution is 2.30. The largest absolute Gasteiger partial charge is 0.145 e. The maximum atomic E-state index is 3.79. The lowest BCUT2D eigenvalue weighted by Crippen LogP contribution is -2.20. The maximum Gasteiger partial charge on any atom is 0.0194 e. The average molecular weight is 303 g/mol. The first-order valence-corrected chi connectivity index (χ1v) is 7.88. The molecule has 0 saturated carbocycles. The fourth-order valence-electron chi connectivity index (χ4n) is 1.64. The summed E-state index contributed by atoms with van der Waals surface area (Å²) >= 11 is 5.77. The summed E-state index contributed by atoms with van der Waals surface area (Å²) in [6.07, 6.45) is 4.97. The molecule has 0 fully saturated rings. The number of halogens is 1. The molecule has 0 amide bonds. The Kier molecular flexibility index (Phi) is 5.52. The summed E-state index contributed by atoms with van der Waals surface area (Å²) in [6.45, 7) is 9.12. The molecule has 0 aromatic carbocycles. The second kappa shape index (κ2) is 6.20. The lowest BCUT2D eigenvalue weighted by molar-refractivity contribution is 0.380. The molecule has 0 bridgehead atoms. The molecule has 0 nitrogen and oxygen atoms in total. The number of thiophene rings is 1. The molecule has 0 aliphatic carbocycles. The molecule has 1 unspecified atom stereocenters. The molecule has 0 saturated heterocycles. The zero-order valence-electron chi connectivity index (χ0n) is 10.8. The van der Waals surface area contributed by atoms with Gasteiger partial charge >= 0.3 is 0 Å². The van der Waals surface area contributed by atoms with E-state index in [1.807, 2.05) is 11.3 Å². The summed E-state index contributed by atoms with van der Waals surface area (Å²) in [7, 11) is 0. The van der Waals surface area contributed by atoms with Crippen molar-refractivity contribution in [3.63, 3.8) is 0 Å². The van der Waals surface area contributed by atoms with Crippen LogP contribution in [0.2, 0.25) is 0 Å². The topological polar surface area (TPSA) is 0 Å². The summed E-state index contributed by atoms with van der Waals surface area (Å²) < 4.78 is 0. The van der Waals surface area contributed by atoms with Crippen molar-refractivity contribution >= 4 is 27.3 Å². The van der Waals surface area contributed by atoms with Crippen LogP contribution in [0.3, 0.4) is 0 Å². The third-order valence-corrected chi connectivity index (χ3v) is 6.01. The van der Waals surface area contributed by atoms with E-state index in [0.717, 1.165) is 0 Å². The van der Waals surface area contributed by atoms with Crippen LogP contribution in [0.25, 0.3) is 0 Å². The van der Waals surface area contributed by atoms with Crippen LogP contribution in [-0.4, -0.2) is 4.83 Å². The first-order chi connectivity index (χ1) is 7.43. The molecule has 1 aromatic rings. The van der Waals surface area contributed by atoms with Gasteiger partial charge in [0.15, 0.2) is 0 Å². The Morgan fingerprint density at radius 3 is 2.38 bits per heavy atom. The predicted octanol–water partition coefficient (Wildman–Crippen LogP) is 5.44. The van der Waals surface area contributed by atoms with E-state index in [2.05, 4.69) is 55.8 Å². The minimum atomic E-state index is 0.379. The minimum Gasteiger partial charge on any atom is -0.145 e. The van der Waals surface area contributed by atoms with Crippen molar-refractivity contribution in [3.8, 4) is 0 Å². The van der Waals surface area contributed by atoms with Gasteiger partial charge in [0.25, 0.3) is 0 Å². The highest BCUT2D eigenvalue weighted by atomic mass is 79.9. The zero-order valence-corrected chi connectivity index (χ0v) is 13.2. The van der Waals surface area contributed by atoms with Crippen LogP contribution < -0.4 is 0 Å². The first-order valence-electron chi connectivity index (χ1n) is 6.15. The van der Waals surface area contributed by atoms with Crippen molar-refractivity contribution < 1.29 is 0 Å². The van der Waals surface area contributed by atoms with Crippen molar-refractivity contribution in [3.05, 3.63) is 21.9 Å². The van der Waals surface area contributed by atoms with Crippen LogP contribution in [0.1, 0.15) is 50.3 Å². The van der Waals surface area contributed by atoms with Crippen LogP contribution in [0, 0.1) is 5.41 Å². The second-order valence-corrected chi connectivity index (χ2v) is 7.81. The molecule has 0 spiro atoms. The van der Waals surface area contributed by atoms with Gasteiger partial charge in [-0.25, -0.2) is 0 Å². The summed E-state index contributed by atoms with van der Waals surface area (Å²) in [6, 6.07) is 4.57. The third-order valence-electron chi connectivity index (χ3n) is 2.89. The predicted molar refractivity (Wildman–Crippen MR) is 78.8 cm³/mol. The van der Waals surface area contributed by atoms with Gasteiger partial charge in [-0.3, -0.25) is 0 Å². The van der Waals surface area contributed by atoms with Gasteiger partial charge in [0, 0.05) is 14.6 Å². The Hall–Kier alpha value is 0.180. The highest BCUT2D eigenvalue weighted by Gasteiger charge is 2.20. The number of hydrogen-bond donors (Lipinski definition) is 0. The molecular weight excluding hydrogens is 280 g/mol. The van der Waals surface area contributed by atoms with Crippen molar-refractivity contribution in [2.75, 3.05) is 0 Å². The van der Waals surface area contributed by atoms with Crippen LogP contribution >= 0.6 is 27.3 Å². The Morgan fingerprint density at radius 2 is 1.88 bits per heavy atom. The standard InChI is InChI=1S/C14H23BrS/c1-5-11-9-10-12(16-11)7-6-8-13(15)14(2,3)4/h9-10,13H,5-8H2,1-4H3. The maximum absolute atomic E-state index is 3.79. The van der Waals surface area contributed by atoms with E-state index in [1.54, 1.807) is 4.88 Å². The lowest BCUT2D eigenvalue weighted by Gasteiger charge is -2.25.